The minimum atomic E-state index is -0.380. The number of amides is 1. The molecule has 0 saturated heterocycles. The van der Waals surface area contributed by atoms with Crippen molar-refractivity contribution in [3.8, 4) is 23.0 Å². The van der Waals surface area contributed by atoms with Gasteiger partial charge in [-0.05, 0) is 29.8 Å². The van der Waals surface area contributed by atoms with Gasteiger partial charge in [0.2, 0.25) is 0 Å². The van der Waals surface area contributed by atoms with E-state index in [1.807, 2.05) is 0 Å². The fraction of sp³-hybridized carbons (Fsp3) is 0.167. The summed E-state index contributed by atoms with van der Waals surface area (Å²) in [7, 11) is 4.49. The van der Waals surface area contributed by atoms with Crippen LogP contribution in [0.5, 0.6) is 23.0 Å². The van der Waals surface area contributed by atoms with Crippen LogP contribution in [0.4, 0.5) is 5.69 Å². The summed E-state index contributed by atoms with van der Waals surface area (Å²) in [4.78, 5) is 12.4. The molecule has 24 heavy (non-hydrogen) atoms. The predicted molar refractivity (Wildman–Crippen MR) is 91.9 cm³/mol. The number of benzene rings is 2. The highest BCUT2D eigenvalue weighted by atomic mass is 16.5. The van der Waals surface area contributed by atoms with Crippen molar-refractivity contribution in [2.75, 3.05) is 26.6 Å². The molecule has 6 nitrogen and oxygen atoms in total. The number of rotatable bonds is 6. The molecular weight excluding hydrogens is 310 g/mol. The first-order valence-electron chi connectivity index (χ1n) is 7.09. The summed E-state index contributed by atoms with van der Waals surface area (Å²) < 4.78 is 15.4. The third-order valence-electron chi connectivity index (χ3n) is 3.44. The Hall–Kier alpha value is -3.15. The molecule has 126 valence electrons. The van der Waals surface area contributed by atoms with Gasteiger partial charge in [0, 0.05) is 17.3 Å². The number of hydrogen-bond acceptors (Lipinski definition) is 5. The number of nitrogens with one attached hydrogen (secondary N) is 1. The largest absolute Gasteiger partial charge is 0.504 e. The lowest BCUT2D eigenvalue weighted by atomic mass is 10.1. The van der Waals surface area contributed by atoms with Gasteiger partial charge in [0.1, 0.15) is 0 Å². The van der Waals surface area contributed by atoms with Crippen molar-refractivity contribution in [2.24, 2.45) is 0 Å². The molecule has 0 saturated carbocycles. The smallest absolute Gasteiger partial charge is 0.255 e. The lowest BCUT2D eigenvalue weighted by Crippen LogP contribution is -2.13. The average Bonchev–Trinajstić information content (AvgIpc) is 2.61. The molecule has 2 aromatic carbocycles. The van der Waals surface area contributed by atoms with Crippen LogP contribution in [-0.4, -0.2) is 32.3 Å². The summed E-state index contributed by atoms with van der Waals surface area (Å²) in [5.74, 6) is 0.960. The Labute approximate surface area is 140 Å². The maximum absolute atomic E-state index is 12.4. The lowest BCUT2D eigenvalue weighted by Gasteiger charge is -2.12. The Morgan fingerprint density at radius 3 is 2.25 bits per heavy atom. The monoisotopic (exact) mass is 329 g/mol. The molecule has 0 spiro atoms. The highest BCUT2D eigenvalue weighted by molar-refractivity contribution is 6.24. The van der Waals surface area contributed by atoms with Crippen LogP contribution in [0.25, 0.3) is 5.57 Å². The molecule has 2 N–H and O–H groups in total. The zero-order valence-corrected chi connectivity index (χ0v) is 13.8. The molecule has 6 heteroatoms. The lowest BCUT2D eigenvalue weighted by molar-refractivity contribution is -0.111. The summed E-state index contributed by atoms with van der Waals surface area (Å²) in [6, 6.07) is 9.63. The summed E-state index contributed by atoms with van der Waals surface area (Å²) >= 11 is 0. The number of carbonyl (C=O) groups is 1. The molecule has 2 rings (SSSR count). The predicted octanol–water partition coefficient (Wildman–Crippen LogP) is 3.07. The molecule has 0 aliphatic carbocycles. The van der Waals surface area contributed by atoms with Gasteiger partial charge in [0.15, 0.2) is 23.0 Å². The Morgan fingerprint density at radius 2 is 1.62 bits per heavy atom. The molecule has 0 atom stereocenters. The second-order valence-electron chi connectivity index (χ2n) is 4.89. The van der Waals surface area contributed by atoms with E-state index in [2.05, 4.69) is 11.9 Å². The topological polar surface area (TPSA) is 77.0 Å². The quantitative estimate of drug-likeness (QED) is 0.797. The number of anilines is 1. The van der Waals surface area contributed by atoms with E-state index in [4.69, 9.17) is 14.2 Å². The van der Waals surface area contributed by atoms with E-state index in [-0.39, 0.29) is 23.0 Å². The van der Waals surface area contributed by atoms with Crippen molar-refractivity contribution in [1.29, 1.82) is 0 Å². The normalized spacial score (nSPS) is 9.96. The molecule has 0 fully saturated rings. The van der Waals surface area contributed by atoms with E-state index in [0.29, 0.717) is 22.7 Å². The SMILES string of the molecule is C=C(C(=O)Nc1ccc(OC)c(OC)c1)c1ccc(O)c(OC)c1. The standard InChI is InChI=1S/C18H19NO5/c1-11(12-5-7-14(20)16(9-12)23-3)18(21)19-13-6-8-15(22-2)17(10-13)24-4/h5-10,20H,1H2,2-4H3,(H,19,21). The van der Waals surface area contributed by atoms with Crippen LogP contribution in [0.2, 0.25) is 0 Å². The van der Waals surface area contributed by atoms with Crippen molar-refractivity contribution >= 4 is 17.2 Å². The molecule has 2 aromatic rings. The van der Waals surface area contributed by atoms with E-state index in [9.17, 15) is 9.90 Å². The third kappa shape index (κ3) is 3.60. The molecule has 0 unspecified atom stereocenters. The van der Waals surface area contributed by atoms with Crippen LogP contribution in [-0.2, 0) is 4.79 Å². The van der Waals surface area contributed by atoms with Crippen LogP contribution in [0.1, 0.15) is 5.56 Å². The van der Waals surface area contributed by atoms with Gasteiger partial charge in [0.05, 0.1) is 21.3 Å². The highest BCUT2D eigenvalue weighted by Gasteiger charge is 2.13. The summed E-state index contributed by atoms with van der Waals surface area (Å²) in [6.45, 7) is 3.80. The molecule has 0 bridgehead atoms. The number of methoxy groups -OCH3 is 3. The van der Waals surface area contributed by atoms with E-state index >= 15 is 0 Å². The van der Waals surface area contributed by atoms with Gasteiger partial charge >= 0.3 is 0 Å². The third-order valence-corrected chi connectivity index (χ3v) is 3.44. The van der Waals surface area contributed by atoms with Crippen molar-refractivity contribution in [1.82, 2.24) is 0 Å². The van der Waals surface area contributed by atoms with Crippen LogP contribution >= 0.6 is 0 Å². The summed E-state index contributed by atoms with van der Waals surface area (Å²) in [5, 5.41) is 12.4. The molecule has 1 amide bonds. The minimum Gasteiger partial charge on any atom is -0.504 e. The van der Waals surface area contributed by atoms with Crippen LogP contribution < -0.4 is 19.5 Å². The van der Waals surface area contributed by atoms with Gasteiger partial charge in [0.25, 0.3) is 5.91 Å². The van der Waals surface area contributed by atoms with Gasteiger partial charge in [-0.15, -0.1) is 0 Å². The molecule has 0 aliphatic rings. The Balaban J connectivity index is 2.19. The van der Waals surface area contributed by atoms with Crippen LogP contribution in [0.3, 0.4) is 0 Å². The molecule has 0 aromatic heterocycles. The van der Waals surface area contributed by atoms with E-state index in [0.717, 1.165) is 0 Å². The van der Waals surface area contributed by atoms with Crippen LogP contribution in [0.15, 0.2) is 43.0 Å². The van der Waals surface area contributed by atoms with E-state index in [1.165, 1.54) is 27.4 Å². The minimum absolute atomic E-state index is 0.00523. The van der Waals surface area contributed by atoms with Crippen LogP contribution in [0, 0.1) is 0 Å². The molecule has 0 heterocycles. The Bertz CT molecular complexity index is 770. The molecule has 0 aliphatic heterocycles. The Kier molecular flexibility index (Phi) is 5.31. The van der Waals surface area contributed by atoms with Gasteiger partial charge < -0.3 is 24.6 Å². The highest BCUT2D eigenvalue weighted by Crippen LogP contribution is 2.31. The first-order chi connectivity index (χ1) is 11.5. The van der Waals surface area contributed by atoms with E-state index < -0.39 is 0 Å². The fourth-order valence-electron chi connectivity index (χ4n) is 2.12. The van der Waals surface area contributed by atoms with Gasteiger partial charge in [-0.2, -0.15) is 0 Å². The van der Waals surface area contributed by atoms with Gasteiger partial charge in [-0.3, -0.25) is 4.79 Å². The zero-order chi connectivity index (χ0) is 17.7. The van der Waals surface area contributed by atoms with Crippen molar-refractivity contribution < 1.29 is 24.1 Å². The maximum atomic E-state index is 12.4. The van der Waals surface area contributed by atoms with Gasteiger partial charge in [-0.1, -0.05) is 12.6 Å². The fourth-order valence-corrected chi connectivity index (χ4v) is 2.12. The zero-order valence-electron chi connectivity index (χ0n) is 13.8. The number of carbonyl (C=O) groups excluding carboxylic acids is 1. The van der Waals surface area contributed by atoms with Gasteiger partial charge in [-0.25, -0.2) is 0 Å². The second kappa shape index (κ2) is 7.41. The first kappa shape index (κ1) is 17.2. The van der Waals surface area contributed by atoms with Crippen molar-refractivity contribution in [3.63, 3.8) is 0 Å². The first-order valence-corrected chi connectivity index (χ1v) is 7.09. The molecular formula is C18H19NO5. The number of phenolic OH excluding ortho intramolecular Hbond substituents is 1. The second-order valence-corrected chi connectivity index (χ2v) is 4.89. The summed E-state index contributed by atoms with van der Waals surface area (Å²) in [5.41, 5.74) is 1.33. The maximum Gasteiger partial charge on any atom is 0.255 e. The van der Waals surface area contributed by atoms with Crippen molar-refractivity contribution in [3.05, 3.63) is 48.5 Å². The average molecular weight is 329 g/mol. The number of aromatic hydroxyl groups is 1. The number of phenols is 1. The van der Waals surface area contributed by atoms with Crippen molar-refractivity contribution in [2.45, 2.75) is 0 Å². The van der Waals surface area contributed by atoms with E-state index in [1.54, 1.807) is 30.3 Å². The number of ether oxygens (including phenoxy) is 3. The number of hydrogen-bond donors (Lipinski definition) is 2. The Morgan fingerprint density at radius 1 is 0.958 bits per heavy atom. The summed E-state index contributed by atoms with van der Waals surface area (Å²) in [6.07, 6.45) is 0. The molecule has 0 radical (unpaired) electrons.